The largest absolute Gasteiger partial charge is 0.496 e. The lowest BCUT2D eigenvalue weighted by molar-refractivity contribution is 0.0988. The Labute approximate surface area is 87.2 Å². The predicted octanol–water partition coefficient (Wildman–Crippen LogP) is 2.16. The molecule has 0 saturated carbocycles. The third-order valence-corrected chi connectivity index (χ3v) is 2.38. The average Bonchev–Trinajstić information content (AvgIpc) is 2.74. The summed E-state index contributed by atoms with van der Waals surface area (Å²) in [6.45, 7) is 1.84. The van der Waals surface area contributed by atoms with Crippen molar-refractivity contribution < 1.29 is 9.53 Å². The minimum atomic E-state index is 0.102. The van der Waals surface area contributed by atoms with Crippen molar-refractivity contribution in [2.45, 2.75) is 13.3 Å². The number of H-pyrrole nitrogens is 1. The van der Waals surface area contributed by atoms with Crippen molar-refractivity contribution in [2.75, 3.05) is 7.11 Å². The third-order valence-electron chi connectivity index (χ3n) is 2.38. The monoisotopic (exact) mass is 204 g/mol. The highest BCUT2D eigenvalue weighted by molar-refractivity contribution is 6.00. The van der Waals surface area contributed by atoms with E-state index < -0.39 is 0 Å². The number of ether oxygens (including phenoxy) is 1. The van der Waals surface area contributed by atoms with E-state index >= 15 is 0 Å². The van der Waals surface area contributed by atoms with Crippen LogP contribution in [-0.2, 0) is 0 Å². The van der Waals surface area contributed by atoms with E-state index in [4.69, 9.17) is 4.74 Å². The molecule has 1 N–H and O–H groups in total. The molecule has 0 aliphatic carbocycles. The molecule has 1 aromatic heterocycles. The van der Waals surface area contributed by atoms with Gasteiger partial charge in [0.05, 0.1) is 24.2 Å². The zero-order valence-electron chi connectivity index (χ0n) is 8.70. The molecule has 4 heteroatoms. The van der Waals surface area contributed by atoms with Crippen LogP contribution < -0.4 is 4.74 Å². The Morgan fingerprint density at radius 3 is 3.00 bits per heavy atom. The van der Waals surface area contributed by atoms with Crippen LogP contribution >= 0.6 is 0 Å². The summed E-state index contributed by atoms with van der Waals surface area (Å²) in [5.41, 5.74) is 1.48. The van der Waals surface area contributed by atoms with Crippen LogP contribution in [0.5, 0.6) is 5.75 Å². The van der Waals surface area contributed by atoms with Crippen molar-refractivity contribution in [3.05, 3.63) is 23.9 Å². The van der Waals surface area contributed by atoms with Gasteiger partial charge in [-0.3, -0.25) is 9.89 Å². The Hall–Kier alpha value is -1.84. The first-order valence-electron chi connectivity index (χ1n) is 4.80. The summed E-state index contributed by atoms with van der Waals surface area (Å²) in [5, 5.41) is 7.64. The van der Waals surface area contributed by atoms with Crippen LogP contribution in [0.15, 0.2) is 18.3 Å². The molecule has 0 aliphatic heterocycles. The normalized spacial score (nSPS) is 10.5. The van der Waals surface area contributed by atoms with Crippen LogP contribution in [0.2, 0.25) is 0 Å². The molecule has 0 unspecified atom stereocenters. The first-order valence-corrected chi connectivity index (χ1v) is 4.80. The van der Waals surface area contributed by atoms with E-state index in [1.54, 1.807) is 25.4 Å². The van der Waals surface area contributed by atoms with Crippen LogP contribution in [0.3, 0.4) is 0 Å². The van der Waals surface area contributed by atoms with Gasteiger partial charge in [-0.1, -0.05) is 6.92 Å². The lowest BCUT2D eigenvalue weighted by Crippen LogP contribution is -1.97. The van der Waals surface area contributed by atoms with E-state index in [0.717, 1.165) is 10.9 Å². The zero-order chi connectivity index (χ0) is 10.8. The molecule has 0 spiro atoms. The number of hydrogen-bond acceptors (Lipinski definition) is 3. The smallest absolute Gasteiger partial charge is 0.162 e. The van der Waals surface area contributed by atoms with Gasteiger partial charge in [-0.15, -0.1) is 0 Å². The number of carbonyl (C=O) groups excluding carboxylic acids is 1. The second-order valence-corrected chi connectivity index (χ2v) is 3.29. The standard InChI is InChI=1S/C11H12N2O2/c1-3-10(14)7-4-9-8(6-12-13-9)11(5-7)15-2/h4-6H,3H2,1-2H3,(H,12,13). The molecule has 0 fully saturated rings. The Balaban J connectivity index is 2.63. The number of Topliss-reactive ketones (excluding diaryl/α,β-unsaturated/α-hetero) is 1. The van der Waals surface area contributed by atoms with Gasteiger partial charge < -0.3 is 4.74 Å². The number of rotatable bonds is 3. The molecule has 15 heavy (non-hydrogen) atoms. The molecule has 0 aliphatic rings. The van der Waals surface area contributed by atoms with Crippen molar-refractivity contribution in [2.24, 2.45) is 0 Å². The fraction of sp³-hybridized carbons (Fsp3) is 0.273. The maximum absolute atomic E-state index is 11.6. The van der Waals surface area contributed by atoms with Gasteiger partial charge in [0, 0.05) is 12.0 Å². The van der Waals surface area contributed by atoms with Gasteiger partial charge in [-0.25, -0.2) is 0 Å². The second kappa shape index (κ2) is 3.73. The summed E-state index contributed by atoms with van der Waals surface area (Å²) < 4.78 is 5.21. The molecule has 2 aromatic rings. The fourth-order valence-electron chi connectivity index (χ4n) is 1.55. The number of aromatic nitrogens is 2. The van der Waals surface area contributed by atoms with Crippen molar-refractivity contribution in [1.29, 1.82) is 0 Å². The van der Waals surface area contributed by atoms with Gasteiger partial charge in [-0.05, 0) is 12.1 Å². The second-order valence-electron chi connectivity index (χ2n) is 3.29. The molecule has 1 heterocycles. The predicted molar refractivity (Wildman–Crippen MR) is 57.3 cm³/mol. The third kappa shape index (κ3) is 1.58. The van der Waals surface area contributed by atoms with Gasteiger partial charge in [0.2, 0.25) is 0 Å². The first-order chi connectivity index (χ1) is 7.26. The lowest BCUT2D eigenvalue weighted by Gasteiger charge is -2.04. The minimum absolute atomic E-state index is 0.102. The van der Waals surface area contributed by atoms with Gasteiger partial charge >= 0.3 is 0 Å². The van der Waals surface area contributed by atoms with E-state index in [1.165, 1.54) is 0 Å². The summed E-state index contributed by atoms with van der Waals surface area (Å²) in [6.07, 6.45) is 2.18. The minimum Gasteiger partial charge on any atom is -0.496 e. The molecular formula is C11H12N2O2. The van der Waals surface area contributed by atoms with Crippen LogP contribution in [0.1, 0.15) is 23.7 Å². The fourth-order valence-corrected chi connectivity index (χ4v) is 1.55. The Morgan fingerprint density at radius 1 is 1.53 bits per heavy atom. The highest BCUT2D eigenvalue weighted by Crippen LogP contribution is 2.26. The molecule has 0 amide bonds. The zero-order valence-corrected chi connectivity index (χ0v) is 8.70. The topological polar surface area (TPSA) is 55.0 Å². The molecule has 0 atom stereocenters. The van der Waals surface area contributed by atoms with Crippen molar-refractivity contribution in [3.8, 4) is 5.75 Å². The van der Waals surface area contributed by atoms with Crippen molar-refractivity contribution >= 4 is 16.7 Å². The van der Waals surface area contributed by atoms with Gasteiger partial charge in [0.1, 0.15) is 5.75 Å². The van der Waals surface area contributed by atoms with Gasteiger partial charge in [0.15, 0.2) is 5.78 Å². The number of aromatic amines is 1. The number of fused-ring (bicyclic) bond motifs is 1. The van der Waals surface area contributed by atoms with Crippen molar-refractivity contribution in [1.82, 2.24) is 10.2 Å². The maximum atomic E-state index is 11.6. The molecule has 0 bridgehead atoms. The number of benzene rings is 1. The number of nitrogens with one attached hydrogen (secondary N) is 1. The highest BCUT2D eigenvalue weighted by Gasteiger charge is 2.10. The number of hydrogen-bond donors (Lipinski definition) is 1. The summed E-state index contributed by atoms with van der Waals surface area (Å²) in [7, 11) is 1.59. The summed E-state index contributed by atoms with van der Waals surface area (Å²) in [6, 6.07) is 3.56. The van der Waals surface area contributed by atoms with Crippen LogP contribution in [0.4, 0.5) is 0 Å². The first kappa shape index (κ1) is 9.71. The van der Waals surface area contributed by atoms with E-state index in [1.807, 2.05) is 6.92 Å². The number of methoxy groups -OCH3 is 1. The van der Waals surface area contributed by atoms with Gasteiger partial charge in [0.25, 0.3) is 0 Å². The van der Waals surface area contributed by atoms with E-state index in [2.05, 4.69) is 10.2 Å². The molecule has 78 valence electrons. The Morgan fingerprint density at radius 2 is 2.33 bits per heavy atom. The molecule has 4 nitrogen and oxygen atoms in total. The number of carbonyl (C=O) groups is 1. The molecule has 2 rings (SSSR count). The van der Waals surface area contributed by atoms with Crippen molar-refractivity contribution in [3.63, 3.8) is 0 Å². The van der Waals surface area contributed by atoms with E-state index in [-0.39, 0.29) is 5.78 Å². The molecule has 1 aromatic carbocycles. The van der Waals surface area contributed by atoms with Gasteiger partial charge in [-0.2, -0.15) is 5.10 Å². The van der Waals surface area contributed by atoms with Crippen LogP contribution in [0.25, 0.3) is 10.9 Å². The number of ketones is 1. The highest BCUT2D eigenvalue weighted by atomic mass is 16.5. The number of nitrogens with zero attached hydrogens (tertiary/aromatic N) is 1. The average molecular weight is 204 g/mol. The van der Waals surface area contributed by atoms with E-state index in [0.29, 0.717) is 17.7 Å². The van der Waals surface area contributed by atoms with E-state index in [9.17, 15) is 4.79 Å². The molecular weight excluding hydrogens is 192 g/mol. The lowest BCUT2D eigenvalue weighted by atomic mass is 10.1. The molecule has 0 radical (unpaired) electrons. The Bertz CT molecular complexity index is 502. The maximum Gasteiger partial charge on any atom is 0.162 e. The SMILES string of the molecule is CCC(=O)c1cc(OC)c2cn[nH]c2c1. The summed E-state index contributed by atoms with van der Waals surface area (Å²) >= 11 is 0. The summed E-state index contributed by atoms with van der Waals surface area (Å²) in [4.78, 5) is 11.6. The van der Waals surface area contributed by atoms with Crippen LogP contribution in [-0.4, -0.2) is 23.1 Å². The quantitative estimate of drug-likeness (QED) is 0.779. The summed E-state index contributed by atoms with van der Waals surface area (Å²) in [5.74, 6) is 0.780. The van der Waals surface area contributed by atoms with Crippen LogP contribution in [0, 0.1) is 0 Å². The Kier molecular flexibility index (Phi) is 2.41. The molecule has 0 saturated heterocycles.